The van der Waals surface area contributed by atoms with Gasteiger partial charge in [-0.05, 0) is 18.6 Å². The van der Waals surface area contributed by atoms with E-state index in [-0.39, 0.29) is 0 Å². The number of rotatable bonds is 9. The van der Waals surface area contributed by atoms with Crippen molar-refractivity contribution in [1.29, 1.82) is 0 Å². The lowest BCUT2D eigenvalue weighted by atomic mass is 10.3. The van der Waals surface area contributed by atoms with Crippen molar-refractivity contribution in [2.75, 3.05) is 19.8 Å². The Labute approximate surface area is 98.6 Å². The molecule has 16 heavy (non-hydrogen) atoms. The van der Waals surface area contributed by atoms with E-state index in [0.29, 0.717) is 0 Å². The van der Waals surface area contributed by atoms with Crippen LogP contribution in [0.3, 0.4) is 0 Å². The first-order chi connectivity index (χ1) is 7.93. The summed E-state index contributed by atoms with van der Waals surface area (Å²) in [5.74, 6) is 0.930. The molecule has 2 nitrogen and oxygen atoms in total. The molecule has 0 aliphatic rings. The van der Waals surface area contributed by atoms with Crippen LogP contribution in [0.1, 0.15) is 25.7 Å². The van der Waals surface area contributed by atoms with Gasteiger partial charge in [-0.15, -0.1) is 0 Å². The molecule has 0 unspecified atom stereocenters. The van der Waals surface area contributed by atoms with Crippen molar-refractivity contribution in [2.24, 2.45) is 0 Å². The van der Waals surface area contributed by atoms with E-state index in [1.54, 1.807) is 0 Å². The molecule has 0 aliphatic heterocycles. The Bertz CT molecular complexity index is 246. The molecule has 0 aliphatic carbocycles. The number of hydrogen-bond donors (Lipinski definition) is 0. The number of para-hydroxylation sites is 1. The summed E-state index contributed by atoms with van der Waals surface area (Å²) < 4.78 is 11.0. The fraction of sp³-hybridized carbons (Fsp3) is 0.500. The van der Waals surface area contributed by atoms with Crippen molar-refractivity contribution >= 4 is 0 Å². The summed E-state index contributed by atoms with van der Waals surface area (Å²) in [4.78, 5) is 0. The van der Waals surface area contributed by atoms with Gasteiger partial charge in [0.25, 0.3) is 0 Å². The topological polar surface area (TPSA) is 18.5 Å². The van der Waals surface area contributed by atoms with Gasteiger partial charge in [0.1, 0.15) is 5.75 Å². The summed E-state index contributed by atoms with van der Waals surface area (Å²) >= 11 is 0. The molecule has 0 fully saturated rings. The monoisotopic (exact) mass is 221 g/mol. The minimum absolute atomic E-state index is 0.722. The molecule has 89 valence electrons. The van der Waals surface area contributed by atoms with Crippen molar-refractivity contribution in [1.82, 2.24) is 0 Å². The summed E-state index contributed by atoms with van der Waals surface area (Å²) in [5, 5.41) is 0. The third-order valence-electron chi connectivity index (χ3n) is 2.23. The Morgan fingerprint density at radius 1 is 0.875 bits per heavy atom. The quantitative estimate of drug-likeness (QED) is 0.594. The molecule has 0 aromatic heterocycles. The zero-order valence-corrected chi connectivity index (χ0v) is 9.86. The van der Waals surface area contributed by atoms with Gasteiger partial charge in [-0.2, -0.15) is 0 Å². The zero-order valence-electron chi connectivity index (χ0n) is 9.86. The van der Waals surface area contributed by atoms with E-state index in [0.717, 1.165) is 51.3 Å². The summed E-state index contributed by atoms with van der Waals surface area (Å²) in [6.07, 6.45) is 4.21. The first kappa shape index (κ1) is 13.0. The molecule has 2 heteroatoms. The van der Waals surface area contributed by atoms with E-state index < -0.39 is 0 Å². The molecule has 1 aromatic rings. The maximum atomic E-state index is 5.54. The van der Waals surface area contributed by atoms with Gasteiger partial charge in [-0.3, -0.25) is 0 Å². The van der Waals surface area contributed by atoms with Crippen LogP contribution >= 0.6 is 0 Å². The standard InChI is InChI=1S/C14H21O2/c1-2-3-7-11-15-12-8-13-16-14-9-5-4-6-10-14/h4-6,9-10H,1-3,7-8,11-13H2. The van der Waals surface area contributed by atoms with Gasteiger partial charge >= 0.3 is 0 Å². The summed E-state index contributed by atoms with van der Waals surface area (Å²) in [6.45, 7) is 6.14. The second kappa shape index (κ2) is 9.22. The predicted molar refractivity (Wildman–Crippen MR) is 66.6 cm³/mol. The van der Waals surface area contributed by atoms with E-state index in [4.69, 9.17) is 9.47 Å². The van der Waals surface area contributed by atoms with E-state index >= 15 is 0 Å². The van der Waals surface area contributed by atoms with Gasteiger partial charge in [-0.25, -0.2) is 0 Å². The average Bonchev–Trinajstić information content (AvgIpc) is 2.34. The first-order valence-corrected chi connectivity index (χ1v) is 5.98. The third-order valence-corrected chi connectivity index (χ3v) is 2.23. The third kappa shape index (κ3) is 6.46. The van der Waals surface area contributed by atoms with E-state index in [9.17, 15) is 0 Å². The molecule has 1 radical (unpaired) electrons. The van der Waals surface area contributed by atoms with Crippen LogP contribution in [0.15, 0.2) is 30.3 Å². The van der Waals surface area contributed by atoms with Gasteiger partial charge in [0, 0.05) is 19.6 Å². The highest BCUT2D eigenvalue weighted by Crippen LogP contribution is 2.08. The maximum absolute atomic E-state index is 5.54. The molecule has 1 rings (SSSR count). The van der Waals surface area contributed by atoms with Crippen molar-refractivity contribution in [3.63, 3.8) is 0 Å². The Kier molecular flexibility index (Phi) is 7.52. The molecule has 0 heterocycles. The lowest BCUT2D eigenvalue weighted by Gasteiger charge is -2.06. The van der Waals surface area contributed by atoms with Crippen LogP contribution in [0.2, 0.25) is 0 Å². The van der Waals surface area contributed by atoms with Gasteiger partial charge < -0.3 is 9.47 Å². The van der Waals surface area contributed by atoms with Crippen molar-refractivity contribution in [3.8, 4) is 5.75 Å². The van der Waals surface area contributed by atoms with Crippen molar-refractivity contribution < 1.29 is 9.47 Å². The van der Waals surface area contributed by atoms with E-state index in [1.807, 2.05) is 30.3 Å². The van der Waals surface area contributed by atoms with Crippen LogP contribution < -0.4 is 4.74 Å². The predicted octanol–water partition coefficient (Wildman–Crippen LogP) is 3.48. The highest BCUT2D eigenvalue weighted by Gasteiger charge is 1.92. The Balaban J connectivity index is 1.89. The summed E-state index contributed by atoms with van der Waals surface area (Å²) in [5.41, 5.74) is 0. The van der Waals surface area contributed by atoms with E-state index in [1.165, 1.54) is 0 Å². The lowest BCUT2D eigenvalue weighted by molar-refractivity contribution is 0.116. The van der Waals surface area contributed by atoms with Crippen molar-refractivity contribution in [3.05, 3.63) is 37.3 Å². The fourth-order valence-electron chi connectivity index (χ4n) is 1.35. The number of unbranched alkanes of at least 4 members (excludes halogenated alkanes) is 2. The van der Waals surface area contributed by atoms with Crippen LogP contribution in [0, 0.1) is 6.92 Å². The first-order valence-electron chi connectivity index (χ1n) is 5.98. The number of hydrogen-bond acceptors (Lipinski definition) is 2. The minimum atomic E-state index is 0.722. The number of ether oxygens (including phenoxy) is 2. The van der Waals surface area contributed by atoms with Crippen LogP contribution in [0.4, 0.5) is 0 Å². The van der Waals surface area contributed by atoms with Crippen LogP contribution in [0.5, 0.6) is 5.75 Å². The van der Waals surface area contributed by atoms with Gasteiger partial charge in [0.2, 0.25) is 0 Å². The SMILES string of the molecule is [CH2]CCCCOCCCOc1ccccc1. The molecule has 0 saturated heterocycles. The smallest absolute Gasteiger partial charge is 0.119 e. The van der Waals surface area contributed by atoms with Gasteiger partial charge in [0.15, 0.2) is 0 Å². The zero-order chi connectivity index (χ0) is 11.5. The normalized spacial score (nSPS) is 10.3. The van der Waals surface area contributed by atoms with Crippen LogP contribution in [0.25, 0.3) is 0 Å². The molecule has 0 bridgehead atoms. The highest BCUT2D eigenvalue weighted by molar-refractivity contribution is 5.20. The summed E-state index contributed by atoms with van der Waals surface area (Å²) in [6, 6.07) is 9.87. The van der Waals surface area contributed by atoms with Crippen LogP contribution in [-0.4, -0.2) is 19.8 Å². The van der Waals surface area contributed by atoms with Gasteiger partial charge in [0.05, 0.1) is 6.61 Å². The largest absolute Gasteiger partial charge is 0.494 e. The average molecular weight is 221 g/mol. The number of benzene rings is 1. The summed E-state index contributed by atoms with van der Waals surface area (Å²) in [7, 11) is 0. The Morgan fingerprint density at radius 2 is 1.62 bits per heavy atom. The molecular formula is C14H21O2. The molecule has 0 amide bonds. The second-order valence-corrected chi connectivity index (χ2v) is 3.69. The Morgan fingerprint density at radius 3 is 2.38 bits per heavy atom. The maximum Gasteiger partial charge on any atom is 0.119 e. The molecule has 0 spiro atoms. The highest BCUT2D eigenvalue weighted by atomic mass is 16.5. The van der Waals surface area contributed by atoms with E-state index in [2.05, 4.69) is 6.92 Å². The van der Waals surface area contributed by atoms with Gasteiger partial charge in [-0.1, -0.05) is 38.0 Å². The molecule has 1 aromatic carbocycles. The van der Waals surface area contributed by atoms with Crippen molar-refractivity contribution in [2.45, 2.75) is 25.7 Å². The fourth-order valence-corrected chi connectivity index (χ4v) is 1.35. The minimum Gasteiger partial charge on any atom is -0.494 e. The molecular weight excluding hydrogens is 200 g/mol. The lowest BCUT2D eigenvalue weighted by Crippen LogP contribution is -2.03. The van der Waals surface area contributed by atoms with Crippen LogP contribution in [-0.2, 0) is 4.74 Å². The molecule has 0 atom stereocenters. The molecule has 0 saturated carbocycles. The second-order valence-electron chi connectivity index (χ2n) is 3.69. The Hall–Kier alpha value is -1.02. The molecule has 0 N–H and O–H groups in total.